The van der Waals surface area contributed by atoms with E-state index in [0.717, 1.165) is 5.56 Å². The van der Waals surface area contributed by atoms with Crippen LogP contribution in [0.1, 0.15) is 31.2 Å². The van der Waals surface area contributed by atoms with Gasteiger partial charge in [-0.25, -0.2) is 0 Å². The van der Waals surface area contributed by atoms with E-state index in [1.165, 1.54) is 0 Å². The first-order valence-corrected chi connectivity index (χ1v) is 7.77. The Balaban J connectivity index is 1.87. The summed E-state index contributed by atoms with van der Waals surface area (Å²) in [7, 11) is 0. The van der Waals surface area contributed by atoms with Crippen molar-refractivity contribution in [1.82, 2.24) is 0 Å². The molecule has 0 spiro atoms. The number of carboxylic acids is 1. The Morgan fingerprint density at radius 2 is 1.77 bits per heavy atom. The molecule has 0 heterocycles. The molecule has 4 N–H and O–H groups in total. The van der Waals surface area contributed by atoms with Crippen molar-refractivity contribution in [3.63, 3.8) is 0 Å². The largest absolute Gasteiger partial charge is 0.481 e. The molecule has 5 heteroatoms. The number of aliphatic hydroxyl groups excluding tert-OH is 3. The van der Waals surface area contributed by atoms with E-state index < -0.39 is 30.2 Å². The first-order valence-electron chi connectivity index (χ1n) is 7.77. The van der Waals surface area contributed by atoms with Crippen LogP contribution in [0, 0.1) is 11.8 Å². The van der Waals surface area contributed by atoms with Crippen molar-refractivity contribution in [2.75, 3.05) is 0 Å². The summed E-state index contributed by atoms with van der Waals surface area (Å²) in [6.45, 7) is 0. The summed E-state index contributed by atoms with van der Waals surface area (Å²) in [5, 5.41) is 39.0. The number of benzene rings is 1. The predicted molar refractivity (Wildman–Crippen MR) is 81.3 cm³/mol. The van der Waals surface area contributed by atoms with Gasteiger partial charge in [-0.1, -0.05) is 30.3 Å². The van der Waals surface area contributed by atoms with Crippen molar-refractivity contribution < 1.29 is 25.2 Å². The predicted octanol–water partition coefficient (Wildman–Crippen LogP) is 1.20. The Bertz CT molecular complexity index is 475. The third kappa shape index (κ3) is 4.53. The highest BCUT2D eigenvalue weighted by Crippen LogP contribution is 2.38. The zero-order valence-corrected chi connectivity index (χ0v) is 12.5. The number of hydrogen-bond donors (Lipinski definition) is 4. The molecule has 0 amide bonds. The van der Waals surface area contributed by atoms with Crippen LogP contribution in [0.4, 0.5) is 0 Å². The third-order valence-corrected chi connectivity index (χ3v) is 4.58. The molecule has 0 aromatic heterocycles. The van der Waals surface area contributed by atoms with Crippen molar-refractivity contribution in [2.24, 2.45) is 11.8 Å². The Morgan fingerprint density at radius 1 is 1.14 bits per heavy atom. The van der Waals surface area contributed by atoms with Crippen LogP contribution in [-0.4, -0.2) is 44.7 Å². The molecule has 0 saturated heterocycles. The monoisotopic (exact) mass is 308 g/mol. The smallest absolute Gasteiger partial charge is 0.303 e. The normalized spacial score (nSPS) is 29.4. The molecular weight excluding hydrogens is 284 g/mol. The second-order valence-electron chi connectivity index (χ2n) is 6.22. The quantitative estimate of drug-likeness (QED) is 0.607. The number of carboxylic acid groups (broad SMARTS) is 1. The Kier molecular flexibility index (Phi) is 5.94. The summed E-state index contributed by atoms with van der Waals surface area (Å²) < 4.78 is 0. The minimum Gasteiger partial charge on any atom is -0.481 e. The van der Waals surface area contributed by atoms with Gasteiger partial charge in [0.2, 0.25) is 0 Å². The summed E-state index contributed by atoms with van der Waals surface area (Å²) in [4.78, 5) is 10.9. The van der Waals surface area contributed by atoms with Gasteiger partial charge < -0.3 is 20.4 Å². The maximum Gasteiger partial charge on any atom is 0.303 e. The van der Waals surface area contributed by atoms with Gasteiger partial charge in [0.25, 0.3) is 0 Å². The summed E-state index contributed by atoms with van der Waals surface area (Å²) in [5.41, 5.74) is 1.05. The van der Waals surface area contributed by atoms with E-state index in [1.807, 2.05) is 30.3 Å². The summed E-state index contributed by atoms with van der Waals surface area (Å²) in [6.07, 6.45) is -0.377. The van der Waals surface area contributed by atoms with Crippen molar-refractivity contribution in [2.45, 2.75) is 50.4 Å². The first-order chi connectivity index (χ1) is 10.5. The van der Waals surface area contributed by atoms with Crippen molar-refractivity contribution >= 4 is 5.97 Å². The zero-order valence-electron chi connectivity index (χ0n) is 12.5. The van der Waals surface area contributed by atoms with Crippen LogP contribution in [0.5, 0.6) is 0 Å². The number of aliphatic carboxylic acids is 1. The number of carbonyl (C=O) groups is 1. The number of aliphatic hydroxyl groups is 3. The Labute approximate surface area is 130 Å². The molecule has 5 atom stereocenters. The highest BCUT2D eigenvalue weighted by molar-refractivity contribution is 5.67. The SMILES string of the molecule is O=C(O)C[C@@H]1[C@@H](CCC(O)Cc2ccccc2)[C@H](O)C[C@@H]1O. The van der Waals surface area contributed by atoms with Crippen LogP contribution < -0.4 is 0 Å². The van der Waals surface area contributed by atoms with Crippen molar-refractivity contribution in [3.05, 3.63) is 35.9 Å². The molecule has 1 fully saturated rings. The molecule has 1 aromatic carbocycles. The molecule has 0 bridgehead atoms. The van der Waals surface area contributed by atoms with Gasteiger partial charge in [0, 0.05) is 5.92 Å². The summed E-state index contributed by atoms with van der Waals surface area (Å²) >= 11 is 0. The van der Waals surface area contributed by atoms with Gasteiger partial charge in [-0.15, -0.1) is 0 Å². The standard InChI is InChI=1S/C17H24O5/c18-12(8-11-4-2-1-3-5-11)6-7-13-14(9-17(21)22)16(20)10-15(13)19/h1-5,12-16,18-20H,6-10H2,(H,21,22)/t12?,13-,14-,15-,16+/m1/s1. The second kappa shape index (κ2) is 7.72. The molecule has 1 saturated carbocycles. The van der Waals surface area contributed by atoms with E-state index in [1.54, 1.807) is 0 Å². The van der Waals surface area contributed by atoms with Gasteiger partial charge in [0.1, 0.15) is 0 Å². The summed E-state index contributed by atoms with van der Waals surface area (Å²) in [5.74, 6) is -1.67. The fourth-order valence-electron chi connectivity index (χ4n) is 3.44. The van der Waals surface area contributed by atoms with Crippen LogP contribution in [0.25, 0.3) is 0 Å². The lowest BCUT2D eigenvalue weighted by molar-refractivity contribution is -0.139. The molecule has 5 nitrogen and oxygen atoms in total. The minimum atomic E-state index is -0.965. The lowest BCUT2D eigenvalue weighted by Gasteiger charge is -2.23. The van der Waals surface area contributed by atoms with Gasteiger partial charge in [-0.05, 0) is 37.2 Å². The molecule has 122 valence electrons. The number of rotatable bonds is 7. The topological polar surface area (TPSA) is 98.0 Å². The zero-order chi connectivity index (χ0) is 16.1. The molecule has 1 aromatic rings. The fourth-order valence-corrected chi connectivity index (χ4v) is 3.44. The van der Waals surface area contributed by atoms with Gasteiger partial charge >= 0.3 is 5.97 Å². The van der Waals surface area contributed by atoms with E-state index in [-0.39, 0.29) is 18.8 Å². The van der Waals surface area contributed by atoms with Crippen molar-refractivity contribution in [3.8, 4) is 0 Å². The molecular formula is C17H24O5. The highest BCUT2D eigenvalue weighted by atomic mass is 16.4. The third-order valence-electron chi connectivity index (χ3n) is 4.58. The first kappa shape index (κ1) is 16.9. The molecule has 1 aliphatic rings. The molecule has 22 heavy (non-hydrogen) atoms. The Morgan fingerprint density at radius 3 is 2.41 bits per heavy atom. The van der Waals surface area contributed by atoms with E-state index >= 15 is 0 Å². The molecule has 1 aliphatic carbocycles. The number of hydrogen-bond acceptors (Lipinski definition) is 4. The van der Waals surface area contributed by atoms with Gasteiger partial charge in [0.05, 0.1) is 24.7 Å². The average molecular weight is 308 g/mol. The van der Waals surface area contributed by atoms with Gasteiger partial charge in [-0.2, -0.15) is 0 Å². The van der Waals surface area contributed by atoms with E-state index in [4.69, 9.17) is 5.11 Å². The van der Waals surface area contributed by atoms with Crippen LogP contribution in [0.15, 0.2) is 30.3 Å². The summed E-state index contributed by atoms with van der Waals surface area (Å²) in [6, 6.07) is 9.65. The lowest BCUT2D eigenvalue weighted by atomic mass is 9.86. The maximum absolute atomic E-state index is 10.9. The van der Waals surface area contributed by atoms with Gasteiger partial charge in [0.15, 0.2) is 0 Å². The maximum atomic E-state index is 10.9. The van der Waals surface area contributed by atoms with Crippen LogP contribution >= 0.6 is 0 Å². The van der Waals surface area contributed by atoms with Crippen LogP contribution in [-0.2, 0) is 11.2 Å². The highest BCUT2D eigenvalue weighted by Gasteiger charge is 2.42. The van der Waals surface area contributed by atoms with E-state index in [9.17, 15) is 20.1 Å². The molecule has 2 rings (SSSR count). The Hall–Kier alpha value is -1.43. The minimum absolute atomic E-state index is 0.141. The molecule has 1 unspecified atom stereocenters. The average Bonchev–Trinajstić information content (AvgIpc) is 2.71. The van der Waals surface area contributed by atoms with Crippen LogP contribution in [0.2, 0.25) is 0 Å². The molecule has 0 aliphatic heterocycles. The second-order valence-corrected chi connectivity index (χ2v) is 6.22. The van der Waals surface area contributed by atoms with Crippen LogP contribution in [0.3, 0.4) is 0 Å². The molecule has 0 radical (unpaired) electrons. The van der Waals surface area contributed by atoms with Crippen molar-refractivity contribution in [1.29, 1.82) is 0 Å². The van der Waals surface area contributed by atoms with E-state index in [2.05, 4.69) is 0 Å². The van der Waals surface area contributed by atoms with E-state index in [0.29, 0.717) is 19.3 Å². The van der Waals surface area contributed by atoms with Gasteiger partial charge in [-0.3, -0.25) is 4.79 Å². The lowest BCUT2D eigenvalue weighted by Crippen LogP contribution is -2.26. The fraction of sp³-hybridized carbons (Fsp3) is 0.588.